The third-order valence-electron chi connectivity index (χ3n) is 2.40. The maximum Gasteiger partial charge on any atom is 0.408 e. The van der Waals surface area contributed by atoms with Crippen LogP contribution >= 0.6 is 0 Å². The van der Waals surface area contributed by atoms with E-state index in [9.17, 15) is 14.4 Å². The fourth-order valence-corrected chi connectivity index (χ4v) is 1.46. The molecule has 0 spiro atoms. The van der Waals surface area contributed by atoms with E-state index in [1.165, 1.54) is 7.11 Å². The number of carbonyl (C=O) groups is 3. The van der Waals surface area contributed by atoms with Gasteiger partial charge in [0.1, 0.15) is 11.6 Å². The SMILES string of the molecule is COC(=O)[C@H](C)NC(=O)C/C=C/[C@H](C)NC(=O)OC(C)(C)C. The van der Waals surface area contributed by atoms with Gasteiger partial charge in [-0.3, -0.25) is 4.79 Å². The summed E-state index contributed by atoms with van der Waals surface area (Å²) < 4.78 is 9.62. The lowest BCUT2D eigenvalue weighted by Gasteiger charge is -2.21. The first-order chi connectivity index (χ1) is 10.0. The van der Waals surface area contributed by atoms with Gasteiger partial charge in [0, 0.05) is 12.5 Å². The van der Waals surface area contributed by atoms with Crippen LogP contribution in [0.2, 0.25) is 0 Å². The molecular formula is C15H26N2O5. The van der Waals surface area contributed by atoms with E-state index in [1.807, 2.05) is 0 Å². The summed E-state index contributed by atoms with van der Waals surface area (Å²) in [7, 11) is 1.26. The van der Waals surface area contributed by atoms with Gasteiger partial charge in [-0.1, -0.05) is 12.2 Å². The van der Waals surface area contributed by atoms with Crippen LogP contribution in [-0.2, 0) is 19.1 Å². The minimum absolute atomic E-state index is 0.0989. The standard InChI is InChI=1S/C15H26N2O5/c1-10(16-14(20)22-15(3,4)5)8-7-9-12(18)17-11(2)13(19)21-6/h7-8,10-11H,9H2,1-6H3,(H,16,20)(H,17,18)/b8-7+/t10-,11-/m0/s1. The van der Waals surface area contributed by atoms with Gasteiger partial charge in [0.25, 0.3) is 0 Å². The number of hydrogen-bond acceptors (Lipinski definition) is 5. The van der Waals surface area contributed by atoms with Crippen LogP contribution < -0.4 is 10.6 Å². The Balaban J connectivity index is 4.13. The lowest BCUT2D eigenvalue weighted by atomic mass is 10.2. The van der Waals surface area contributed by atoms with Gasteiger partial charge in [-0.15, -0.1) is 0 Å². The minimum atomic E-state index is -0.691. The maximum atomic E-state index is 11.6. The predicted molar refractivity (Wildman–Crippen MR) is 82.2 cm³/mol. The molecule has 0 aromatic rings. The van der Waals surface area contributed by atoms with Gasteiger partial charge in [0.15, 0.2) is 0 Å². The quantitative estimate of drug-likeness (QED) is 0.573. The average Bonchev–Trinajstić information content (AvgIpc) is 2.34. The van der Waals surface area contributed by atoms with E-state index >= 15 is 0 Å². The van der Waals surface area contributed by atoms with Gasteiger partial charge in [0.05, 0.1) is 7.11 Å². The number of ether oxygens (including phenoxy) is 2. The van der Waals surface area contributed by atoms with Crippen LogP contribution in [0, 0.1) is 0 Å². The maximum absolute atomic E-state index is 11.6. The number of carbonyl (C=O) groups excluding carboxylic acids is 3. The molecule has 0 aliphatic rings. The summed E-state index contributed by atoms with van der Waals surface area (Å²) in [5.41, 5.74) is -0.558. The third kappa shape index (κ3) is 9.79. The third-order valence-corrected chi connectivity index (χ3v) is 2.40. The molecule has 2 amide bonds. The van der Waals surface area contributed by atoms with Crippen LogP contribution in [0.15, 0.2) is 12.2 Å². The van der Waals surface area contributed by atoms with Gasteiger partial charge >= 0.3 is 12.1 Å². The molecular weight excluding hydrogens is 288 g/mol. The lowest BCUT2D eigenvalue weighted by Crippen LogP contribution is -2.39. The number of esters is 1. The fraction of sp³-hybridized carbons (Fsp3) is 0.667. The molecule has 0 unspecified atom stereocenters. The zero-order chi connectivity index (χ0) is 17.3. The molecule has 0 aromatic carbocycles. The largest absolute Gasteiger partial charge is 0.467 e. The van der Waals surface area contributed by atoms with Crippen molar-refractivity contribution in [2.45, 2.75) is 58.7 Å². The minimum Gasteiger partial charge on any atom is -0.467 e. The topological polar surface area (TPSA) is 93.7 Å². The van der Waals surface area contributed by atoms with E-state index < -0.39 is 23.7 Å². The van der Waals surface area contributed by atoms with Gasteiger partial charge in [-0.25, -0.2) is 9.59 Å². The summed E-state index contributed by atoms with van der Waals surface area (Å²) >= 11 is 0. The molecule has 7 heteroatoms. The lowest BCUT2D eigenvalue weighted by molar-refractivity contribution is -0.144. The van der Waals surface area contributed by atoms with Crippen molar-refractivity contribution in [2.24, 2.45) is 0 Å². The Labute approximate surface area is 131 Å². The smallest absolute Gasteiger partial charge is 0.408 e. The number of methoxy groups -OCH3 is 1. The van der Waals surface area contributed by atoms with Crippen LogP contribution in [0.1, 0.15) is 41.0 Å². The van der Waals surface area contributed by atoms with Crippen LogP contribution in [0.5, 0.6) is 0 Å². The molecule has 0 rings (SSSR count). The van der Waals surface area contributed by atoms with Crippen molar-refractivity contribution in [1.82, 2.24) is 10.6 Å². The second kappa shape index (κ2) is 9.07. The predicted octanol–water partition coefficient (Wildman–Crippen LogP) is 1.52. The van der Waals surface area contributed by atoms with Crippen molar-refractivity contribution in [3.63, 3.8) is 0 Å². The molecule has 0 fully saturated rings. The number of amides is 2. The molecule has 0 aliphatic carbocycles. The molecule has 126 valence electrons. The highest BCUT2D eigenvalue weighted by atomic mass is 16.6. The summed E-state index contributed by atoms with van der Waals surface area (Å²) in [6.07, 6.45) is 2.86. The van der Waals surface area contributed by atoms with Crippen LogP contribution in [0.4, 0.5) is 4.79 Å². The van der Waals surface area contributed by atoms with Crippen molar-refractivity contribution < 1.29 is 23.9 Å². The first kappa shape index (κ1) is 19.9. The number of nitrogens with one attached hydrogen (secondary N) is 2. The van der Waals surface area contributed by atoms with Crippen molar-refractivity contribution in [3.05, 3.63) is 12.2 Å². The highest BCUT2D eigenvalue weighted by molar-refractivity contribution is 5.84. The van der Waals surface area contributed by atoms with Crippen LogP contribution in [0.25, 0.3) is 0 Å². The van der Waals surface area contributed by atoms with E-state index in [4.69, 9.17) is 4.74 Å². The zero-order valence-electron chi connectivity index (χ0n) is 14.1. The van der Waals surface area contributed by atoms with Gasteiger partial charge in [0.2, 0.25) is 5.91 Å². The van der Waals surface area contributed by atoms with E-state index in [-0.39, 0.29) is 18.4 Å². The van der Waals surface area contributed by atoms with Gasteiger partial charge in [-0.2, -0.15) is 0 Å². The summed E-state index contributed by atoms with van der Waals surface area (Å²) in [4.78, 5) is 34.3. The number of rotatable bonds is 6. The van der Waals surface area contributed by atoms with E-state index in [2.05, 4.69) is 15.4 Å². The van der Waals surface area contributed by atoms with Gasteiger partial charge in [-0.05, 0) is 34.6 Å². The summed E-state index contributed by atoms with van der Waals surface area (Å²) in [5.74, 6) is -0.809. The van der Waals surface area contributed by atoms with E-state index in [0.29, 0.717) is 0 Å². The second-order valence-electron chi connectivity index (χ2n) is 5.88. The van der Waals surface area contributed by atoms with E-state index in [0.717, 1.165) is 0 Å². The monoisotopic (exact) mass is 314 g/mol. The molecule has 0 heterocycles. The molecule has 2 N–H and O–H groups in total. The summed E-state index contributed by atoms with van der Waals surface area (Å²) in [6, 6.07) is -0.969. The average molecular weight is 314 g/mol. The molecule has 0 radical (unpaired) electrons. The van der Waals surface area contributed by atoms with Gasteiger partial charge < -0.3 is 20.1 Å². The molecule has 7 nitrogen and oxygen atoms in total. The molecule has 0 aliphatic heterocycles. The molecule has 2 atom stereocenters. The fourth-order valence-electron chi connectivity index (χ4n) is 1.46. The number of hydrogen-bond donors (Lipinski definition) is 2. The first-order valence-electron chi connectivity index (χ1n) is 7.08. The Morgan fingerprint density at radius 3 is 2.23 bits per heavy atom. The molecule has 0 saturated carbocycles. The summed E-state index contributed by atoms with van der Waals surface area (Å²) in [6.45, 7) is 8.63. The molecule has 0 aromatic heterocycles. The second-order valence-corrected chi connectivity index (χ2v) is 5.88. The van der Waals surface area contributed by atoms with Crippen LogP contribution in [0.3, 0.4) is 0 Å². The Hall–Kier alpha value is -2.05. The normalized spacial score (nSPS) is 14.1. The molecule has 0 saturated heterocycles. The Morgan fingerprint density at radius 1 is 1.14 bits per heavy atom. The molecule has 0 bridgehead atoms. The van der Waals surface area contributed by atoms with Crippen LogP contribution in [-0.4, -0.2) is 42.8 Å². The van der Waals surface area contributed by atoms with E-state index in [1.54, 1.807) is 46.8 Å². The Kier molecular flexibility index (Phi) is 8.22. The number of alkyl carbamates (subject to hydrolysis) is 1. The van der Waals surface area contributed by atoms with Crippen molar-refractivity contribution in [2.75, 3.05) is 7.11 Å². The highest BCUT2D eigenvalue weighted by Gasteiger charge is 2.17. The Morgan fingerprint density at radius 2 is 1.73 bits per heavy atom. The zero-order valence-corrected chi connectivity index (χ0v) is 14.1. The highest BCUT2D eigenvalue weighted by Crippen LogP contribution is 2.06. The van der Waals surface area contributed by atoms with Crippen molar-refractivity contribution in [3.8, 4) is 0 Å². The van der Waals surface area contributed by atoms with Crippen molar-refractivity contribution >= 4 is 18.0 Å². The Bertz CT molecular complexity index is 426. The first-order valence-corrected chi connectivity index (χ1v) is 7.08. The molecule has 22 heavy (non-hydrogen) atoms. The van der Waals surface area contributed by atoms with Crippen molar-refractivity contribution in [1.29, 1.82) is 0 Å². The summed E-state index contributed by atoms with van der Waals surface area (Å²) in [5, 5.41) is 5.12.